The van der Waals surface area contributed by atoms with Gasteiger partial charge in [0.15, 0.2) is 11.5 Å². The number of ether oxygens (including phenoxy) is 2. The second kappa shape index (κ2) is 6.19. The predicted octanol–water partition coefficient (Wildman–Crippen LogP) is 3.05. The van der Waals surface area contributed by atoms with E-state index in [1.165, 1.54) is 13.8 Å². The molecule has 4 nitrogen and oxygen atoms in total. The first-order valence-corrected chi connectivity index (χ1v) is 5.95. The standard InChI is InChI=1S/C14H18O4/c1-5-9(2)12-7-6-8-13(17-10(3)15)14(12)18-11(4)16/h6-9H,5H2,1-4H3. The van der Waals surface area contributed by atoms with Crippen LogP contribution in [0, 0.1) is 0 Å². The largest absolute Gasteiger partial charge is 0.423 e. The summed E-state index contributed by atoms with van der Waals surface area (Å²) in [4.78, 5) is 22.2. The van der Waals surface area contributed by atoms with Crippen molar-refractivity contribution in [2.24, 2.45) is 0 Å². The Kier molecular flexibility index (Phi) is 4.89. The van der Waals surface area contributed by atoms with Crippen LogP contribution in [-0.4, -0.2) is 11.9 Å². The molecule has 0 aliphatic carbocycles. The molecule has 0 fully saturated rings. The van der Waals surface area contributed by atoms with Gasteiger partial charge in [-0.2, -0.15) is 0 Å². The molecule has 0 aromatic heterocycles. The minimum atomic E-state index is -0.440. The van der Waals surface area contributed by atoms with Crippen LogP contribution in [0.15, 0.2) is 18.2 Å². The maximum absolute atomic E-state index is 11.2. The van der Waals surface area contributed by atoms with Crippen molar-refractivity contribution in [2.75, 3.05) is 0 Å². The summed E-state index contributed by atoms with van der Waals surface area (Å²) in [7, 11) is 0. The zero-order valence-corrected chi connectivity index (χ0v) is 11.1. The van der Waals surface area contributed by atoms with Crippen molar-refractivity contribution >= 4 is 11.9 Å². The number of rotatable bonds is 4. The van der Waals surface area contributed by atoms with Crippen LogP contribution in [0.2, 0.25) is 0 Å². The first kappa shape index (κ1) is 14.2. The molecule has 1 aromatic carbocycles. The molecule has 1 rings (SSSR count). The third kappa shape index (κ3) is 3.58. The van der Waals surface area contributed by atoms with Crippen LogP contribution < -0.4 is 9.47 Å². The van der Waals surface area contributed by atoms with Crippen molar-refractivity contribution in [3.8, 4) is 11.5 Å². The normalized spacial score (nSPS) is 11.8. The fourth-order valence-electron chi connectivity index (χ4n) is 1.63. The van der Waals surface area contributed by atoms with Gasteiger partial charge in [0.25, 0.3) is 0 Å². The van der Waals surface area contributed by atoms with Crippen molar-refractivity contribution in [2.45, 2.75) is 40.0 Å². The van der Waals surface area contributed by atoms with Crippen LogP contribution in [-0.2, 0) is 9.59 Å². The average molecular weight is 250 g/mol. The van der Waals surface area contributed by atoms with E-state index in [4.69, 9.17) is 9.47 Å². The third-order valence-electron chi connectivity index (χ3n) is 2.65. The summed E-state index contributed by atoms with van der Waals surface area (Å²) in [6.45, 7) is 6.71. The van der Waals surface area contributed by atoms with Gasteiger partial charge in [-0.25, -0.2) is 0 Å². The van der Waals surface area contributed by atoms with Crippen LogP contribution in [0.1, 0.15) is 45.6 Å². The van der Waals surface area contributed by atoms with Crippen LogP contribution in [0.4, 0.5) is 0 Å². The summed E-state index contributed by atoms with van der Waals surface area (Å²) in [5.41, 5.74) is 0.867. The minimum Gasteiger partial charge on any atom is -0.423 e. The molecule has 0 N–H and O–H groups in total. The molecule has 0 radical (unpaired) electrons. The Balaban J connectivity index is 3.24. The second-order valence-electron chi connectivity index (χ2n) is 4.17. The Hall–Kier alpha value is -1.84. The molecule has 0 saturated heterocycles. The Labute approximate surface area is 107 Å². The van der Waals surface area contributed by atoms with E-state index in [2.05, 4.69) is 0 Å². The van der Waals surface area contributed by atoms with E-state index in [0.29, 0.717) is 5.75 Å². The predicted molar refractivity (Wildman–Crippen MR) is 67.8 cm³/mol. The number of para-hydroxylation sites is 1. The maximum Gasteiger partial charge on any atom is 0.308 e. The molecule has 1 atom stereocenters. The molecule has 0 heterocycles. The molecule has 0 aliphatic rings. The van der Waals surface area contributed by atoms with E-state index in [1.807, 2.05) is 19.9 Å². The SMILES string of the molecule is CCC(C)c1cccc(OC(C)=O)c1OC(C)=O. The Morgan fingerprint density at radius 2 is 1.78 bits per heavy atom. The number of hydrogen-bond donors (Lipinski definition) is 0. The van der Waals surface area contributed by atoms with Crippen LogP contribution >= 0.6 is 0 Å². The molecule has 0 saturated carbocycles. The van der Waals surface area contributed by atoms with Crippen LogP contribution in [0.5, 0.6) is 11.5 Å². The van der Waals surface area contributed by atoms with E-state index < -0.39 is 11.9 Å². The van der Waals surface area contributed by atoms with Crippen molar-refractivity contribution in [3.05, 3.63) is 23.8 Å². The van der Waals surface area contributed by atoms with Crippen molar-refractivity contribution in [3.63, 3.8) is 0 Å². The molecular weight excluding hydrogens is 232 g/mol. The maximum atomic E-state index is 11.2. The number of carbonyl (C=O) groups is 2. The minimum absolute atomic E-state index is 0.217. The summed E-state index contributed by atoms with van der Waals surface area (Å²) < 4.78 is 10.2. The van der Waals surface area contributed by atoms with Crippen molar-refractivity contribution in [1.29, 1.82) is 0 Å². The highest BCUT2D eigenvalue weighted by atomic mass is 16.6. The fourth-order valence-corrected chi connectivity index (χ4v) is 1.63. The number of carbonyl (C=O) groups excluding carboxylic acids is 2. The van der Waals surface area contributed by atoms with Gasteiger partial charge in [-0.15, -0.1) is 0 Å². The van der Waals surface area contributed by atoms with Gasteiger partial charge >= 0.3 is 11.9 Å². The fraction of sp³-hybridized carbons (Fsp3) is 0.429. The van der Waals surface area contributed by atoms with Gasteiger partial charge in [-0.05, 0) is 18.4 Å². The van der Waals surface area contributed by atoms with E-state index in [1.54, 1.807) is 12.1 Å². The van der Waals surface area contributed by atoms with Gasteiger partial charge in [0.05, 0.1) is 0 Å². The van der Waals surface area contributed by atoms with Crippen LogP contribution in [0.25, 0.3) is 0 Å². The highest BCUT2D eigenvalue weighted by molar-refractivity contribution is 5.74. The molecule has 4 heteroatoms. The van der Waals surface area contributed by atoms with E-state index in [-0.39, 0.29) is 11.7 Å². The molecular formula is C14H18O4. The molecule has 18 heavy (non-hydrogen) atoms. The van der Waals surface area contributed by atoms with Crippen molar-refractivity contribution < 1.29 is 19.1 Å². The summed E-state index contributed by atoms with van der Waals surface area (Å²) in [5, 5.41) is 0. The molecule has 1 aromatic rings. The smallest absolute Gasteiger partial charge is 0.308 e. The highest BCUT2D eigenvalue weighted by Gasteiger charge is 2.18. The lowest BCUT2D eigenvalue weighted by atomic mass is 9.97. The molecule has 98 valence electrons. The topological polar surface area (TPSA) is 52.6 Å². The quantitative estimate of drug-likeness (QED) is 0.608. The van der Waals surface area contributed by atoms with E-state index >= 15 is 0 Å². The Morgan fingerprint density at radius 1 is 1.17 bits per heavy atom. The number of esters is 2. The number of hydrogen-bond acceptors (Lipinski definition) is 4. The monoisotopic (exact) mass is 250 g/mol. The zero-order valence-electron chi connectivity index (χ0n) is 11.1. The summed E-state index contributed by atoms with van der Waals surface area (Å²) in [6, 6.07) is 5.28. The second-order valence-corrected chi connectivity index (χ2v) is 4.17. The van der Waals surface area contributed by atoms with Crippen LogP contribution in [0.3, 0.4) is 0 Å². The molecule has 0 spiro atoms. The Bertz CT molecular complexity index is 451. The average Bonchev–Trinajstić information content (AvgIpc) is 2.29. The van der Waals surface area contributed by atoms with Gasteiger partial charge in [0.2, 0.25) is 0 Å². The zero-order chi connectivity index (χ0) is 13.7. The Morgan fingerprint density at radius 3 is 2.28 bits per heavy atom. The lowest BCUT2D eigenvalue weighted by Gasteiger charge is -2.16. The lowest BCUT2D eigenvalue weighted by molar-refractivity contribution is -0.134. The molecule has 1 unspecified atom stereocenters. The van der Waals surface area contributed by atoms with Crippen molar-refractivity contribution in [1.82, 2.24) is 0 Å². The van der Waals surface area contributed by atoms with Gasteiger partial charge in [0.1, 0.15) is 0 Å². The molecule has 0 amide bonds. The first-order chi connectivity index (χ1) is 8.45. The highest BCUT2D eigenvalue weighted by Crippen LogP contribution is 2.37. The molecule has 0 aliphatic heterocycles. The van der Waals surface area contributed by atoms with Gasteiger partial charge in [0, 0.05) is 19.4 Å². The van der Waals surface area contributed by atoms with Gasteiger partial charge in [-0.3, -0.25) is 9.59 Å². The van der Waals surface area contributed by atoms with E-state index in [0.717, 1.165) is 12.0 Å². The lowest BCUT2D eigenvalue weighted by Crippen LogP contribution is -2.10. The molecule has 0 bridgehead atoms. The van der Waals surface area contributed by atoms with Gasteiger partial charge in [-0.1, -0.05) is 26.0 Å². The summed E-state index contributed by atoms with van der Waals surface area (Å²) in [5.74, 6) is -0.0243. The summed E-state index contributed by atoms with van der Waals surface area (Å²) in [6.07, 6.45) is 0.901. The first-order valence-electron chi connectivity index (χ1n) is 5.95. The van der Waals surface area contributed by atoms with Gasteiger partial charge < -0.3 is 9.47 Å². The number of benzene rings is 1. The summed E-state index contributed by atoms with van der Waals surface area (Å²) >= 11 is 0. The third-order valence-corrected chi connectivity index (χ3v) is 2.65. The van der Waals surface area contributed by atoms with E-state index in [9.17, 15) is 9.59 Å².